The van der Waals surface area contributed by atoms with Crippen LogP contribution in [0.1, 0.15) is 24.1 Å². The SMILES string of the molecule is CCOc1ccc(N2C(=O)[C@H]3[C@@H](C2=O)[C@](Cc2ccccc2)(C(=O)O)N[C@H]3c2ccc(Br)cc2)cc1. The lowest BCUT2D eigenvalue weighted by molar-refractivity contribution is -0.148. The van der Waals surface area contributed by atoms with Gasteiger partial charge in [0.15, 0.2) is 0 Å². The van der Waals surface area contributed by atoms with E-state index in [0.29, 0.717) is 18.0 Å². The molecule has 3 aromatic rings. The van der Waals surface area contributed by atoms with Crippen molar-refractivity contribution in [3.63, 3.8) is 0 Å². The number of aliphatic carboxylic acids is 1. The molecule has 8 heteroatoms. The van der Waals surface area contributed by atoms with Crippen LogP contribution < -0.4 is 15.0 Å². The van der Waals surface area contributed by atoms with Gasteiger partial charge in [0, 0.05) is 16.9 Å². The van der Waals surface area contributed by atoms with Crippen LogP contribution in [-0.4, -0.2) is 35.0 Å². The summed E-state index contributed by atoms with van der Waals surface area (Å²) in [5.41, 5.74) is 0.258. The largest absolute Gasteiger partial charge is 0.494 e. The van der Waals surface area contributed by atoms with Crippen LogP contribution in [0.4, 0.5) is 5.69 Å². The van der Waals surface area contributed by atoms with E-state index in [1.165, 1.54) is 0 Å². The van der Waals surface area contributed by atoms with E-state index >= 15 is 0 Å². The molecule has 2 saturated heterocycles. The van der Waals surface area contributed by atoms with Crippen LogP contribution in [0.2, 0.25) is 0 Å². The number of hydrogen-bond acceptors (Lipinski definition) is 5. The van der Waals surface area contributed by atoms with Gasteiger partial charge in [-0.05, 0) is 54.4 Å². The van der Waals surface area contributed by atoms with Gasteiger partial charge in [0.25, 0.3) is 0 Å². The Balaban J connectivity index is 1.61. The van der Waals surface area contributed by atoms with Gasteiger partial charge in [-0.1, -0.05) is 58.4 Å². The molecule has 184 valence electrons. The van der Waals surface area contributed by atoms with Gasteiger partial charge >= 0.3 is 5.97 Å². The van der Waals surface area contributed by atoms with Crippen LogP contribution in [0.3, 0.4) is 0 Å². The van der Waals surface area contributed by atoms with E-state index in [4.69, 9.17) is 4.74 Å². The highest BCUT2D eigenvalue weighted by Gasteiger charge is 2.68. The maximum absolute atomic E-state index is 13.9. The zero-order chi connectivity index (χ0) is 25.4. The summed E-state index contributed by atoms with van der Waals surface area (Å²) in [6.07, 6.45) is 0.0630. The summed E-state index contributed by atoms with van der Waals surface area (Å²) in [4.78, 5) is 41.9. The monoisotopic (exact) mass is 548 g/mol. The van der Waals surface area contributed by atoms with Crippen molar-refractivity contribution >= 4 is 39.4 Å². The minimum Gasteiger partial charge on any atom is -0.494 e. The fourth-order valence-electron chi connectivity index (χ4n) is 5.42. The molecule has 4 atom stereocenters. The van der Waals surface area contributed by atoms with Crippen LogP contribution >= 0.6 is 15.9 Å². The molecule has 2 heterocycles. The molecule has 3 aromatic carbocycles. The van der Waals surface area contributed by atoms with E-state index in [1.54, 1.807) is 24.3 Å². The van der Waals surface area contributed by atoms with E-state index in [9.17, 15) is 19.5 Å². The number of carbonyl (C=O) groups excluding carboxylic acids is 2. The Labute approximate surface area is 217 Å². The van der Waals surface area contributed by atoms with Crippen molar-refractivity contribution < 1.29 is 24.2 Å². The Kier molecular flexibility index (Phi) is 6.40. The number of nitrogens with zero attached hydrogens (tertiary/aromatic N) is 1. The number of ether oxygens (including phenoxy) is 1. The molecule has 5 rings (SSSR count). The molecule has 0 aliphatic carbocycles. The Morgan fingerprint density at radius 2 is 1.67 bits per heavy atom. The summed E-state index contributed by atoms with van der Waals surface area (Å²) in [5.74, 6) is -3.41. The first-order chi connectivity index (χ1) is 17.4. The number of anilines is 1. The molecule has 2 N–H and O–H groups in total. The first-order valence-electron chi connectivity index (χ1n) is 11.8. The van der Waals surface area contributed by atoms with Crippen LogP contribution in [0, 0.1) is 11.8 Å². The van der Waals surface area contributed by atoms with Crippen molar-refractivity contribution in [3.8, 4) is 5.75 Å². The van der Waals surface area contributed by atoms with E-state index in [1.807, 2.05) is 61.5 Å². The van der Waals surface area contributed by atoms with Gasteiger partial charge in [-0.2, -0.15) is 0 Å². The molecule has 2 aliphatic rings. The van der Waals surface area contributed by atoms with E-state index in [2.05, 4.69) is 21.2 Å². The van der Waals surface area contributed by atoms with Gasteiger partial charge in [0.1, 0.15) is 11.3 Å². The zero-order valence-corrected chi connectivity index (χ0v) is 21.1. The Morgan fingerprint density at radius 3 is 2.28 bits per heavy atom. The number of halogens is 1. The molecule has 0 aromatic heterocycles. The Morgan fingerprint density at radius 1 is 1.00 bits per heavy atom. The van der Waals surface area contributed by atoms with Crippen molar-refractivity contribution in [3.05, 3.63) is 94.5 Å². The van der Waals surface area contributed by atoms with Gasteiger partial charge in [-0.25, -0.2) is 4.90 Å². The van der Waals surface area contributed by atoms with Gasteiger partial charge < -0.3 is 9.84 Å². The fourth-order valence-corrected chi connectivity index (χ4v) is 5.69. The standard InChI is InChI=1S/C28H25BrN2O5/c1-2-36-21-14-12-20(13-15-21)31-25(32)22-23(26(31)33)28(27(34)35,16-17-6-4-3-5-7-17)30-24(22)18-8-10-19(29)11-9-18/h3-15,22-24,30H,2,16H2,1H3,(H,34,35)/t22-,23-,24-,28+/m0/s1. The zero-order valence-electron chi connectivity index (χ0n) is 19.6. The minimum absolute atomic E-state index is 0.0630. The highest BCUT2D eigenvalue weighted by Crippen LogP contribution is 2.51. The van der Waals surface area contributed by atoms with Crippen molar-refractivity contribution in [2.75, 3.05) is 11.5 Å². The highest BCUT2D eigenvalue weighted by atomic mass is 79.9. The van der Waals surface area contributed by atoms with Crippen molar-refractivity contribution in [1.82, 2.24) is 5.32 Å². The molecule has 0 unspecified atom stereocenters. The summed E-state index contributed by atoms with van der Waals surface area (Å²) in [7, 11) is 0. The number of carbonyl (C=O) groups is 3. The van der Waals surface area contributed by atoms with Crippen LogP contribution in [0.15, 0.2) is 83.3 Å². The number of carboxylic acid groups (broad SMARTS) is 1. The van der Waals surface area contributed by atoms with Crippen LogP contribution in [0.5, 0.6) is 5.75 Å². The Hall–Kier alpha value is -3.49. The number of imide groups is 1. The predicted octanol–water partition coefficient (Wildman–Crippen LogP) is 4.36. The van der Waals surface area contributed by atoms with E-state index in [0.717, 1.165) is 20.5 Å². The molecule has 7 nitrogen and oxygen atoms in total. The third kappa shape index (κ3) is 4.00. The average molecular weight is 549 g/mol. The van der Waals surface area contributed by atoms with Gasteiger partial charge in [0.2, 0.25) is 11.8 Å². The summed E-state index contributed by atoms with van der Waals surface area (Å²) >= 11 is 3.42. The van der Waals surface area contributed by atoms with Crippen molar-refractivity contribution in [1.29, 1.82) is 0 Å². The minimum atomic E-state index is -1.66. The summed E-state index contributed by atoms with van der Waals surface area (Å²) in [6, 6.07) is 22.6. The topological polar surface area (TPSA) is 95.9 Å². The van der Waals surface area contributed by atoms with Gasteiger partial charge in [-0.3, -0.25) is 19.7 Å². The lowest BCUT2D eigenvalue weighted by Gasteiger charge is -2.31. The summed E-state index contributed by atoms with van der Waals surface area (Å²) in [6.45, 7) is 2.36. The second-order valence-electron chi connectivity index (χ2n) is 9.05. The molecule has 0 spiro atoms. The fraction of sp³-hybridized carbons (Fsp3) is 0.250. The molecular weight excluding hydrogens is 524 g/mol. The predicted molar refractivity (Wildman–Crippen MR) is 138 cm³/mol. The molecule has 2 aliphatic heterocycles. The van der Waals surface area contributed by atoms with Crippen molar-refractivity contribution in [2.45, 2.75) is 24.9 Å². The molecule has 0 bridgehead atoms. The normalized spacial score (nSPS) is 25.2. The summed E-state index contributed by atoms with van der Waals surface area (Å²) in [5, 5.41) is 13.8. The number of hydrogen-bond donors (Lipinski definition) is 2. The second-order valence-corrected chi connectivity index (χ2v) is 9.97. The molecule has 36 heavy (non-hydrogen) atoms. The quantitative estimate of drug-likeness (QED) is 0.426. The number of fused-ring (bicyclic) bond motifs is 1. The third-order valence-electron chi connectivity index (χ3n) is 7.00. The molecule has 2 amide bonds. The first-order valence-corrected chi connectivity index (χ1v) is 12.6. The van der Waals surface area contributed by atoms with Crippen molar-refractivity contribution in [2.24, 2.45) is 11.8 Å². The number of amides is 2. The van der Waals surface area contributed by atoms with E-state index in [-0.39, 0.29) is 6.42 Å². The Bertz CT molecular complexity index is 1300. The molecule has 0 radical (unpaired) electrons. The number of rotatable bonds is 7. The maximum Gasteiger partial charge on any atom is 0.325 e. The van der Waals surface area contributed by atoms with Gasteiger partial charge in [0.05, 0.1) is 24.1 Å². The van der Waals surface area contributed by atoms with E-state index < -0.39 is 41.2 Å². The lowest BCUT2D eigenvalue weighted by Crippen LogP contribution is -2.57. The maximum atomic E-state index is 13.9. The first kappa shape index (κ1) is 24.2. The van der Waals surface area contributed by atoms with Gasteiger partial charge in [-0.15, -0.1) is 0 Å². The smallest absolute Gasteiger partial charge is 0.325 e. The highest BCUT2D eigenvalue weighted by molar-refractivity contribution is 9.10. The number of benzene rings is 3. The molecular formula is C28H25BrN2O5. The summed E-state index contributed by atoms with van der Waals surface area (Å²) < 4.78 is 6.35. The van der Waals surface area contributed by atoms with Crippen LogP contribution in [0.25, 0.3) is 0 Å². The number of carboxylic acids is 1. The molecule has 0 saturated carbocycles. The molecule has 2 fully saturated rings. The average Bonchev–Trinajstić information content (AvgIpc) is 3.35. The second kappa shape index (κ2) is 9.52. The van der Waals surface area contributed by atoms with Crippen LogP contribution in [-0.2, 0) is 20.8 Å². The third-order valence-corrected chi connectivity index (χ3v) is 7.53. The lowest BCUT2D eigenvalue weighted by atomic mass is 9.76. The number of nitrogens with one attached hydrogen (secondary N) is 1.